The fourth-order valence-electron chi connectivity index (χ4n) is 6.34. The highest BCUT2D eigenvalue weighted by Gasteiger charge is 2.56. The second-order valence-corrected chi connectivity index (χ2v) is 9.45. The van der Waals surface area contributed by atoms with E-state index in [2.05, 4.69) is 10.2 Å². The molecule has 2 amide bonds. The van der Waals surface area contributed by atoms with Crippen molar-refractivity contribution < 1.29 is 14.0 Å². The van der Waals surface area contributed by atoms with Gasteiger partial charge >= 0.3 is 0 Å². The van der Waals surface area contributed by atoms with E-state index < -0.39 is 5.54 Å². The van der Waals surface area contributed by atoms with Crippen LogP contribution in [0.2, 0.25) is 0 Å². The minimum absolute atomic E-state index is 0.0130. The van der Waals surface area contributed by atoms with Gasteiger partial charge in [0.1, 0.15) is 5.76 Å². The third-order valence-corrected chi connectivity index (χ3v) is 7.68. The van der Waals surface area contributed by atoms with Crippen LogP contribution in [0.3, 0.4) is 0 Å². The Morgan fingerprint density at radius 1 is 1.00 bits per heavy atom. The Morgan fingerprint density at radius 2 is 1.74 bits per heavy atom. The van der Waals surface area contributed by atoms with E-state index >= 15 is 0 Å². The first-order valence-electron chi connectivity index (χ1n) is 11.9. The fraction of sp³-hybridized carbons (Fsp3) is 0.538. The van der Waals surface area contributed by atoms with Gasteiger partial charge < -0.3 is 14.6 Å². The lowest BCUT2D eigenvalue weighted by Gasteiger charge is -2.57. The highest BCUT2D eigenvalue weighted by molar-refractivity contribution is 6.02. The van der Waals surface area contributed by atoms with Gasteiger partial charge in [-0.1, -0.05) is 56.7 Å². The molecule has 0 radical (unpaired) electrons. The van der Waals surface area contributed by atoms with Crippen molar-refractivity contribution in [3.05, 3.63) is 59.5 Å². The Morgan fingerprint density at radius 3 is 2.48 bits per heavy atom. The predicted molar refractivity (Wildman–Crippen MR) is 119 cm³/mol. The quantitative estimate of drug-likeness (QED) is 0.742. The number of carbonyl (C=O) groups excluding carboxylic acids is 2. The zero-order chi connectivity index (χ0) is 21.3. The molecule has 2 saturated carbocycles. The molecule has 2 heterocycles. The molecule has 1 unspecified atom stereocenters. The van der Waals surface area contributed by atoms with E-state index in [-0.39, 0.29) is 23.8 Å². The van der Waals surface area contributed by atoms with Crippen molar-refractivity contribution >= 4 is 11.8 Å². The number of rotatable bonds is 4. The highest BCUT2D eigenvalue weighted by atomic mass is 16.3. The summed E-state index contributed by atoms with van der Waals surface area (Å²) in [6.45, 7) is 0.373. The molecule has 31 heavy (non-hydrogen) atoms. The topological polar surface area (TPSA) is 62.6 Å². The van der Waals surface area contributed by atoms with E-state index in [0.717, 1.165) is 49.8 Å². The lowest BCUT2D eigenvalue weighted by Crippen LogP contribution is -2.65. The zero-order valence-electron chi connectivity index (χ0n) is 18.1. The lowest BCUT2D eigenvalue weighted by atomic mass is 9.64. The maximum absolute atomic E-state index is 13.9. The van der Waals surface area contributed by atoms with Gasteiger partial charge in [-0.15, -0.1) is 0 Å². The predicted octanol–water partition coefficient (Wildman–Crippen LogP) is 5.17. The summed E-state index contributed by atoms with van der Waals surface area (Å²) < 4.78 is 5.43. The minimum atomic E-state index is -0.418. The summed E-state index contributed by atoms with van der Waals surface area (Å²) in [6.07, 6.45) is 12.4. The first kappa shape index (κ1) is 20.3. The SMILES string of the molecule is O=C(NCc1ccco1)C1c2ccccc2C(=O)N(C2CCCCC2)C12CCCCC2. The molecule has 1 aromatic carbocycles. The van der Waals surface area contributed by atoms with Crippen LogP contribution in [-0.2, 0) is 11.3 Å². The minimum Gasteiger partial charge on any atom is -0.467 e. The van der Waals surface area contributed by atoms with Gasteiger partial charge in [0.2, 0.25) is 5.91 Å². The molecule has 2 aliphatic carbocycles. The van der Waals surface area contributed by atoms with Gasteiger partial charge in [0.15, 0.2) is 0 Å². The number of furan rings is 1. The lowest BCUT2D eigenvalue weighted by molar-refractivity contribution is -0.128. The van der Waals surface area contributed by atoms with Crippen LogP contribution < -0.4 is 5.32 Å². The van der Waals surface area contributed by atoms with Gasteiger partial charge in [0, 0.05) is 11.6 Å². The third-order valence-electron chi connectivity index (χ3n) is 7.68. The second-order valence-electron chi connectivity index (χ2n) is 9.45. The highest BCUT2D eigenvalue weighted by Crippen LogP contribution is 2.51. The van der Waals surface area contributed by atoms with Gasteiger partial charge in [-0.2, -0.15) is 0 Å². The summed E-state index contributed by atoms with van der Waals surface area (Å²) in [7, 11) is 0. The summed E-state index contributed by atoms with van der Waals surface area (Å²) in [5.41, 5.74) is 1.19. The standard InChI is InChI=1S/C26H32N2O3/c29-24(27-18-20-12-9-17-31-20)23-21-13-5-6-14-22(21)25(30)28(19-10-3-1-4-11-19)26(23)15-7-2-8-16-26/h5-6,9,12-14,17,19,23H,1-4,7-8,10-11,15-16,18H2,(H,27,29). The van der Waals surface area contributed by atoms with Crippen LogP contribution in [0.4, 0.5) is 0 Å². The number of fused-ring (bicyclic) bond motifs is 1. The van der Waals surface area contributed by atoms with Crippen LogP contribution in [0.5, 0.6) is 0 Å². The van der Waals surface area contributed by atoms with Crippen LogP contribution in [-0.4, -0.2) is 28.3 Å². The number of hydrogen-bond acceptors (Lipinski definition) is 3. The molecule has 5 nitrogen and oxygen atoms in total. The van der Waals surface area contributed by atoms with E-state index in [1.165, 1.54) is 25.7 Å². The van der Waals surface area contributed by atoms with Crippen molar-refractivity contribution in [3.63, 3.8) is 0 Å². The second kappa shape index (κ2) is 8.52. The Kier molecular flexibility index (Phi) is 5.59. The van der Waals surface area contributed by atoms with Crippen LogP contribution >= 0.6 is 0 Å². The Labute approximate surface area is 184 Å². The summed E-state index contributed by atoms with van der Waals surface area (Å²) in [5.74, 6) is 0.562. The maximum Gasteiger partial charge on any atom is 0.254 e. The molecule has 1 aliphatic heterocycles. The monoisotopic (exact) mass is 420 g/mol. The van der Waals surface area contributed by atoms with E-state index in [1.807, 2.05) is 36.4 Å². The van der Waals surface area contributed by atoms with Crippen LogP contribution in [0.1, 0.15) is 91.8 Å². The van der Waals surface area contributed by atoms with Gasteiger partial charge in [0.05, 0.1) is 24.3 Å². The van der Waals surface area contributed by atoms with Crippen LogP contribution in [0.25, 0.3) is 0 Å². The molecule has 2 aromatic rings. The Bertz CT molecular complexity index is 924. The molecule has 1 aromatic heterocycles. The average Bonchev–Trinajstić information content (AvgIpc) is 3.33. The Balaban J connectivity index is 1.57. The number of carbonyl (C=O) groups is 2. The van der Waals surface area contributed by atoms with Gasteiger partial charge in [-0.25, -0.2) is 0 Å². The molecular weight excluding hydrogens is 388 g/mol. The molecular formula is C26H32N2O3. The molecule has 0 bridgehead atoms. The van der Waals surface area contributed by atoms with Crippen LogP contribution in [0, 0.1) is 0 Å². The number of benzene rings is 1. The molecule has 0 saturated heterocycles. The van der Waals surface area contributed by atoms with Gasteiger partial charge in [-0.05, 0) is 49.4 Å². The Hall–Kier alpha value is -2.56. The van der Waals surface area contributed by atoms with E-state index in [1.54, 1.807) is 6.26 Å². The smallest absolute Gasteiger partial charge is 0.254 e. The summed E-state index contributed by atoms with van der Waals surface area (Å²) in [5, 5.41) is 3.13. The molecule has 1 N–H and O–H groups in total. The van der Waals surface area contributed by atoms with E-state index in [4.69, 9.17) is 4.42 Å². The van der Waals surface area contributed by atoms with E-state index in [9.17, 15) is 9.59 Å². The van der Waals surface area contributed by atoms with Crippen molar-refractivity contribution in [3.8, 4) is 0 Å². The van der Waals surface area contributed by atoms with Crippen molar-refractivity contribution in [2.75, 3.05) is 0 Å². The molecule has 1 atom stereocenters. The molecule has 5 rings (SSSR count). The van der Waals surface area contributed by atoms with Crippen molar-refractivity contribution in [2.45, 2.75) is 88.3 Å². The number of hydrogen-bond donors (Lipinski definition) is 1. The third kappa shape index (κ3) is 3.58. The molecule has 3 aliphatic rings. The van der Waals surface area contributed by atoms with Gasteiger partial charge in [0.25, 0.3) is 5.91 Å². The average molecular weight is 421 g/mol. The van der Waals surface area contributed by atoms with E-state index in [0.29, 0.717) is 12.1 Å². The number of nitrogens with one attached hydrogen (secondary N) is 1. The molecule has 5 heteroatoms. The summed E-state index contributed by atoms with van der Waals surface area (Å²) >= 11 is 0. The first-order valence-corrected chi connectivity index (χ1v) is 11.9. The fourth-order valence-corrected chi connectivity index (χ4v) is 6.34. The van der Waals surface area contributed by atoms with Crippen LogP contribution in [0.15, 0.2) is 47.1 Å². The summed E-state index contributed by atoms with van der Waals surface area (Å²) in [4.78, 5) is 29.9. The van der Waals surface area contributed by atoms with Crippen molar-refractivity contribution in [1.82, 2.24) is 10.2 Å². The normalized spacial score (nSPS) is 23.5. The van der Waals surface area contributed by atoms with Crippen molar-refractivity contribution in [1.29, 1.82) is 0 Å². The van der Waals surface area contributed by atoms with Gasteiger partial charge in [-0.3, -0.25) is 9.59 Å². The zero-order valence-corrected chi connectivity index (χ0v) is 18.1. The van der Waals surface area contributed by atoms with Crippen molar-refractivity contribution in [2.24, 2.45) is 0 Å². The molecule has 164 valence electrons. The largest absolute Gasteiger partial charge is 0.467 e. The number of nitrogens with zero attached hydrogens (tertiary/aromatic N) is 1. The maximum atomic E-state index is 13.9. The molecule has 2 fully saturated rings. The molecule has 1 spiro atoms. The first-order chi connectivity index (χ1) is 15.2. The summed E-state index contributed by atoms with van der Waals surface area (Å²) in [6, 6.07) is 11.8. The number of amides is 2.